The lowest BCUT2D eigenvalue weighted by Gasteiger charge is -2.11. The van der Waals surface area contributed by atoms with Crippen LogP contribution in [0.1, 0.15) is 10.4 Å². The summed E-state index contributed by atoms with van der Waals surface area (Å²) in [6.45, 7) is -0.115. The summed E-state index contributed by atoms with van der Waals surface area (Å²) < 4.78 is 5.23. The van der Waals surface area contributed by atoms with Crippen molar-refractivity contribution in [2.24, 2.45) is 0 Å². The number of rotatable bonds is 4. The first-order chi connectivity index (χ1) is 10.1. The van der Waals surface area contributed by atoms with Gasteiger partial charge in [0.2, 0.25) is 0 Å². The van der Waals surface area contributed by atoms with Crippen molar-refractivity contribution in [1.29, 1.82) is 5.26 Å². The largest absolute Gasteiger partial charge is 0.477 e. The lowest BCUT2D eigenvalue weighted by Crippen LogP contribution is -2.14. The fraction of sp³-hybridized carbons (Fsp3) is 0.0714. The molecule has 1 heterocycles. The summed E-state index contributed by atoms with van der Waals surface area (Å²) in [6.07, 6.45) is 0. The van der Waals surface area contributed by atoms with E-state index in [0.29, 0.717) is 11.4 Å². The van der Waals surface area contributed by atoms with E-state index in [0.717, 1.165) is 0 Å². The van der Waals surface area contributed by atoms with Gasteiger partial charge in [-0.1, -0.05) is 35.3 Å². The van der Waals surface area contributed by atoms with Gasteiger partial charge >= 0.3 is 0 Å². The van der Waals surface area contributed by atoms with Crippen LogP contribution in [0.3, 0.4) is 0 Å². The van der Waals surface area contributed by atoms with E-state index in [1.54, 1.807) is 24.3 Å². The van der Waals surface area contributed by atoms with Crippen molar-refractivity contribution in [3.05, 3.63) is 52.3 Å². The van der Waals surface area contributed by atoms with E-state index >= 15 is 0 Å². The van der Waals surface area contributed by atoms with E-state index in [4.69, 9.17) is 33.2 Å². The molecule has 0 aliphatic rings. The Balaban J connectivity index is 2.22. The minimum absolute atomic E-state index is 0.00965. The minimum atomic E-state index is -0.447. The van der Waals surface area contributed by atoms with Crippen molar-refractivity contribution in [2.45, 2.75) is 0 Å². The zero-order valence-corrected chi connectivity index (χ0v) is 12.1. The number of hydrogen-bond donors (Lipinski definition) is 1. The van der Waals surface area contributed by atoms with E-state index < -0.39 is 5.91 Å². The molecule has 1 N–H and O–H groups in total. The fourth-order valence-electron chi connectivity index (χ4n) is 1.58. The number of nitriles is 1. The molecule has 5 nitrogen and oxygen atoms in total. The molecule has 0 radical (unpaired) electrons. The number of aromatic nitrogens is 1. The predicted octanol–water partition coefficient (Wildman–Crippen LogP) is 3.54. The Morgan fingerprint density at radius 2 is 2.05 bits per heavy atom. The van der Waals surface area contributed by atoms with Gasteiger partial charge in [-0.2, -0.15) is 5.26 Å². The molecule has 0 spiro atoms. The molecule has 0 aliphatic carbocycles. The van der Waals surface area contributed by atoms with Gasteiger partial charge in [-0.05, 0) is 24.3 Å². The standard InChI is InChI=1S/C14H9Cl2N3O2/c15-12-6-5-9(13(16)19-12)14(20)18-10-3-1-2-4-11(10)21-8-7-17/h1-6H,8H2,(H,18,20). The summed E-state index contributed by atoms with van der Waals surface area (Å²) in [5.41, 5.74) is 0.625. The molecule has 1 aromatic carbocycles. The lowest BCUT2D eigenvalue weighted by atomic mass is 10.2. The maximum atomic E-state index is 12.2. The smallest absolute Gasteiger partial charge is 0.258 e. The van der Waals surface area contributed by atoms with Crippen molar-refractivity contribution < 1.29 is 9.53 Å². The van der Waals surface area contributed by atoms with Crippen LogP contribution in [0, 0.1) is 11.3 Å². The summed E-state index contributed by atoms with van der Waals surface area (Å²) in [6, 6.07) is 11.6. The number of pyridine rings is 1. The number of nitrogens with one attached hydrogen (secondary N) is 1. The molecule has 106 valence electrons. The summed E-state index contributed by atoms with van der Waals surface area (Å²) in [7, 11) is 0. The first-order valence-corrected chi connectivity index (χ1v) is 6.59. The molecule has 0 bridgehead atoms. The van der Waals surface area contributed by atoms with E-state index in [1.165, 1.54) is 12.1 Å². The molecule has 0 fully saturated rings. The minimum Gasteiger partial charge on any atom is -0.477 e. The normalized spacial score (nSPS) is 9.76. The van der Waals surface area contributed by atoms with Gasteiger partial charge < -0.3 is 10.1 Å². The van der Waals surface area contributed by atoms with Crippen molar-refractivity contribution in [1.82, 2.24) is 4.98 Å². The highest BCUT2D eigenvalue weighted by molar-refractivity contribution is 6.35. The van der Waals surface area contributed by atoms with Gasteiger partial charge in [0.1, 0.15) is 22.1 Å². The maximum Gasteiger partial charge on any atom is 0.258 e. The number of nitrogens with zero attached hydrogens (tertiary/aromatic N) is 2. The molecule has 7 heteroatoms. The van der Waals surface area contributed by atoms with Crippen LogP contribution in [-0.2, 0) is 0 Å². The summed E-state index contributed by atoms with van der Waals surface area (Å²) in [5.74, 6) is -0.0531. The molecule has 0 saturated heterocycles. The van der Waals surface area contributed by atoms with Gasteiger partial charge in [-0.15, -0.1) is 0 Å². The summed E-state index contributed by atoms with van der Waals surface area (Å²) >= 11 is 11.6. The number of anilines is 1. The Labute approximate surface area is 131 Å². The zero-order valence-electron chi connectivity index (χ0n) is 10.6. The number of halogens is 2. The second-order valence-electron chi connectivity index (χ2n) is 3.87. The van der Waals surface area contributed by atoms with Gasteiger partial charge in [-0.3, -0.25) is 4.79 Å². The van der Waals surface area contributed by atoms with Crippen molar-refractivity contribution in [2.75, 3.05) is 11.9 Å². The number of amides is 1. The zero-order chi connectivity index (χ0) is 15.2. The molecule has 2 aromatic rings. The molecule has 0 aliphatic heterocycles. The van der Waals surface area contributed by atoms with Gasteiger partial charge in [0.25, 0.3) is 5.91 Å². The SMILES string of the molecule is N#CCOc1ccccc1NC(=O)c1ccc(Cl)nc1Cl. The van der Waals surface area contributed by atoms with Crippen LogP contribution in [0.25, 0.3) is 0 Å². The van der Waals surface area contributed by atoms with Gasteiger partial charge in [0, 0.05) is 0 Å². The van der Waals surface area contributed by atoms with Gasteiger partial charge in [-0.25, -0.2) is 4.98 Å². The molecule has 21 heavy (non-hydrogen) atoms. The van der Waals surface area contributed by atoms with E-state index in [1.807, 2.05) is 6.07 Å². The van der Waals surface area contributed by atoms with E-state index in [9.17, 15) is 4.79 Å². The molecule has 0 unspecified atom stereocenters. The highest BCUT2D eigenvalue weighted by Crippen LogP contribution is 2.25. The second kappa shape index (κ2) is 6.93. The Morgan fingerprint density at radius 3 is 2.76 bits per heavy atom. The van der Waals surface area contributed by atoms with Crippen molar-refractivity contribution in [3.63, 3.8) is 0 Å². The third-order valence-corrected chi connectivity index (χ3v) is 2.99. The van der Waals surface area contributed by atoms with Crippen LogP contribution < -0.4 is 10.1 Å². The number of benzene rings is 1. The van der Waals surface area contributed by atoms with Gasteiger partial charge in [0.15, 0.2) is 6.61 Å². The van der Waals surface area contributed by atoms with Crippen molar-refractivity contribution in [3.8, 4) is 11.8 Å². The van der Waals surface area contributed by atoms with E-state index in [-0.39, 0.29) is 22.5 Å². The molecule has 2 rings (SSSR count). The third-order valence-electron chi connectivity index (χ3n) is 2.49. The Hall–Kier alpha value is -2.29. The van der Waals surface area contributed by atoms with Crippen LogP contribution in [0.5, 0.6) is 5.75 Å². The lowest BCUT2D eigenvalue weighted by molar-refractivity contribution is 0.102. The Morgan fingerprint density at radius 1 is 1.29 bits per heavy atom. The quantitative estimate of drug-likeness (QED) is 0.874. The topological polar surface area (TPSA) is 75.0 Å². The number of para-hydroxylation sites is 2. The second-order valence-corrected chi connectivity index (χ2v) is 4.61. The molecular formula is C14H9Cl2N3O2. The predicted molar refractivity (Wildman–Crippen MR) is 79.8 cm³/mol. The fourth-order valence-corrected chi connectivity index (χ4v) is 2.01. The van der Waals surface area contributed by atoms with Crippen LogP contribution in [0.2, 0.25) is 10.3 Å². The molecule has 1 amide bonds. The molecule has 1 aromatic heterocycles. The number of carbonyl (C=O) groups is 1. The van der Waals surface area contributed by atoms with Crippen LogP contribution in [0.15, 0.2) is 36.4 Å². The highest BCUT2D eigenvalue weighted by atomic mass is 35.5. The maximum absolute atomic E-state index is 12.2. The Kier molecular flexibility index (Phi) is 4.99. The summed E-state index contributed by atoms with van der Waals surface area (Å²) in [5, 5.41) is 11.4. The molecular weight excluding hydrogens is 313 g/mol. The van der Waals surface area contributed by atoms with Crippen LogP contribution in [0.4, 0.5) is 5.69 Å². The number of ether oxygens (including phenoxy) is 1. The monoisotopic (exact) mass is 321 g/mol. The first kappa shape index (κ1) is 15.1. The average Bonchev–Trinajstić information content (AvgIpc) is 2.46. The molecule has 0 atom stereocenters. The molecule has 0 saturated carbocycles. The summed E-state index contributed by atoms with van der Waals surface area (Å²) in [4.78, 5) is 16.0. The van der Waals surface area contributed by atoms with E-state index in [2.05, 4.69) is 10.3 Å². The third kappa shape index (κ3) is 3.85. The number of carbonyl (C=O) groups excluding carboxylic acids is 1. The van der Waals surface area contributed by atoms with Crippen molar-refractivity contribution >= 4 is 34.8 Å². The average molecular weight is 322 g/mol. The Bertz CT molecular complexity index is 714. The number of hydrogen-bond acceptors (Lipinski definition) is 4. The first-order valence-electron chi connectivity index (χ1n) is 5.84. The van der Waals surface area contributed by atoms with Gasteiger partial charge in [0.05, 0.1) is 11.3 Å². The van der Waals surface area contributed by atoms with Crippen LogP contribution in [-0.4, -0.2) is 17.5 Å². The van der Waals surface area contributed by atoms with Crippen LogP contribution >= 0.6 is 23.2 Å². The highest BCUT2D eigenvalue weighted by Gasteiger charge is 2.14.